The lowest BCUT2D eigenvalue weighted by atomic mass is 10.2. The van der Waals surface area contributed by atoms with Crippen LogP contribution in [0.4, 0.5) is 0 Å². The van der Waals surface area contributed by atoms with Gasteiger partial charge in [0.1, 0.15) is 5.82 Å². The molecule has 2 aromatic rings. The van der Waals surface area contributed by atoms with Crippen molar-refractivity contribution in [1.29, 1.82) is 5.26 Å². The van der Waals surface area contributed by atoms with E-state index in [9.17, 15) is 0 Å². The molecule has 1 aromatic heterocycles. The summed E-state index contributed by atoms with van der Waals surface area (Å²) >= 11 is 5.87. The minimum absolute atomic E-state index is 0.348. The predicted molar refractivity (Wildman–Crippen MR) is 65.9 cm³/mol. The van der Waals surface area contributed by atoms with E-state index in [2.05, 4.69) is 11.1 Å². The zero-order chi connectivity index (χ0) is 12.3. The molecule has 1 heterocycles. The van der Waals surface area contributed by atoms with Gasteiger partial charge in [0.05, 0.1) is 35.2 Å². The van der Waals surface area contributed by atoms with E-state index >= 15 is 0 Å². The minimum atomic E-state index is 0.348. The summed E-state index contributed by atoms with van der Waals surface area (Å²) in [6.45, 7) is 1.32. The number of imidazole rings is 1. The topological polar surface area (TPSA) is 50.8 Å². The number of aromatic nitrogens is 2. The van der Waals surface area contributed by atoms with Crippen molar-refractivity contribution in [2.45, 2.75) is 12.4 Å². The first-order valence-electron chi connectivity index (χ1n) is 5.24. The van der Waals surface area contributed by atoms with Crippen molar-refractivity contribution < 1.29 is 4.74 Å². The number of halogens is 1. The van der Waals surface area contributed by atoms with Crippen molar-refractivity contribution in [3.05, 3.63) is 29.6 Å². The monoisotopic (exact) mass is 249 g/mol. The Morgan fingerprint density at radius 1 is 1.53 bits per heavy atom. The van der Waals surface area contributed by atoms with E-state index < -0.39 is 0 Å². The van der Waals surface area contributed by atoms with Crippen LogP contribution in [-0.2, 0) is 17.2 Å². The fraction of sp³-hybridized carbons (Fsp3) is 0.333. The van der Waals surface area contributed by atoms with Gasteiger partial charge in [0.25, 0.3) is 0 Å². The van der Waals surface area contributed by atoms with Crippen LogP contribution < -0.4 is 0 Å². The summed E-state index contributed by atoms with van der Waals surface area (Å²) in [5.74, 6) is 1.15. The summed E-state index contributed by atoms with van der Waals surface area (Å²) in [6.07, 6.45) is 0. The number of ether oxygens (including phenoxy) is 1. The maximum absolute atomic E-state index is 8.84. The standard InChI is InChI=1S/C12H12ClN3O/c1-17-5-4-16-11-3-2-9(8-14)6-10(11)15-12(16)7-13/h2-3,6H,4-5,7H2,1H3. The highest BCUT2D eigenvalue weighted by atomic mass is 35.5. The van der Waals surface area contributed by atoms with Crippen LogP contribution in [0.2, 0.25) is 0 Å². The highest BCUT2D eigenvalue weighted by Gasteiger charge is 2.09. The van der Waals surface area contributed by atoms with Crippen LogP contribution in [0.3, 0.4) is 0 Å². The maximum Gasteiger partial charge on any atom is 0.124 e. The van der Waals surface area contributed by atoms with Gasteiger partial charge in [-0.1, -0.05) is 0 Å². The average Bonchev–Trinajstić information content (AvgIpc) is 2.72. The van der Waals surface area contributed by atoms with Crippen molar-refractivity contribution >= 4 is 22.6 Å². The Hall–Kier alpha value is -1.57. The smallest absolute Gasteiger partial charge is 0.124 e. The summed E-state index contributed by atoms with van der Waals surface area (Å²) < 4.78 is 7.09. The van der Waals surface area contributed by atoms with Crippen molar-refractivity contribution in [3.8, 4) is 6.07 Å². The first kappa shape index (κ1) is 11.9. The third-order valence-corrected chi connectivity index (χ3v) is 2.83. The van der Waals surface area contributed by atoms with Crippen LogP contribution in [0.5, 0.6) is 0 Å². The molecule has 2 rings (SSSR count). The number of alkyl halides is 1. The second-order valence-electron chi connectivity index (χ2n) is 3.62. The molecule has 5 heteroatoms. The molecule has 0 aliphatic rings. The van der Waals surface area contributed by atoms with Gasteiger partial charge in [-0.05, 0) is 18.2 Å². The lowest BCUT2D eigenvalue weighted by Gasteiger charge is -2.06. The van der Waals surface area contributed by atoms with E-state index in [0.717, 1.165) is 16.9 Å². The highest BCUT2D eigenvalue weighted by Crippen LogP contribution is 2.19. The fourth-order valence-electron chi connectivity index (χ4n) is 1.78. The maximum atomic E-state index is 8.84. The van der Waals surface area contributed by atoms with Crippen LogP contribution in [0.1, 0.15) is 11.4 Å². The molecule has 0 spiro atoms. The number of hydrogen-bond acceptors (Lipinski definition) is 3. The van der Waals surface area contributed by atoms with E-state index in [1.165, 1.54) is 0 Å². The predicted octanol–water partition coefficient (Wildman–Crippen LogP) is 2.29. The SMILES string of the molecule is COCCn1c(CCl)nc2cc(C#N)ccc21. The lowest BCUT2D eigenvalue weighted by molar-refractivity contribution is 0.187. The van der Waals surface area contributed by atoms with Gasteiger partial charge in [-0.2, -0.15) is 5.26 Å². The Morgan fingerprint density at radius 2 is 2.35 bits per heavy atom. The molecular formula is C12H12ClN3O. The molecule has 0 N–H and O–H groups in total. The van der Waals surface area contributed by atoms with Crippen LogP contribution >= 0.6 is 11.6 Å². The molecule has 0 bridgehead atoms. The Labute approximate surface area is 104 Å². The zero-order valence-electron chi connectivity index (χ0n) is 9.48. The Balaban J connectivity index is 2.52. The molecule has 17 heavy (non-hydrogen) atoms. The Morgan fingerprint density at radius 3 is 3.00 bits per heavy atom. The molecule has 0 aliphatic heterocycles. The van der Waals surface area contributed by atoms with Gasteiger partial charge < -0.3 is 9.30 Å². The van der Waals surface area contributed by atoms with E-state index in [0.29, 0.717) is 24.6 Å². The third-order valence-electron chi connectivity index (χ3n) is 2.59. The number of nitrogens with zero attached hydrogens (tertiary/aromatic N) is 3. The molecule has 4 nitrogen and oxygen atoms in total. The van der Waals surface area contributed by atoms with Crippen LogP contribution in [0.25, 0.3) is 11.0 Å². The van der Waals surface area contributed by atoms with Gasteiger partial charge >= 0.3 is 0 Å². The third kappa shape index (κ3) is 2.26. The van der Waals surface area contributed by atoms with Crippen molar-refractivity contribution in [1.82, 2.24) is 9.55 Å². The summed E-state index contributed by atoms with van der Waals surface area (Å²) in [7, 11) is 1.66. The number of nitriles is 1. The average molecular weight is 250 g/mol. The van der Waals surface area contributed by atoms with Gasteiger partial charge in [0, 0.05) is 13.7 Å². The normalized spacial score (nSPS) is 10.6. The molecule has 0 aliphatic carbocycles. The second kappa shape index (κ2) is 5.17. The zero-order valence-corrected chi connectivity index (χ0v) is 10.2. The van der Waals surface area contributed by atoms with Gasteiger partial charge in [0.2, 0.25) is 0 Å². The number of benzene rings is 1. The summed E-state index contributed by atoms with van der Waals surface area (Å²) in [5, 5.41) is 8.84. The minimum Gasteiger partial charge on any atom is -0.383 e. The molecule has 0 amide bonds. The van der Waals surface area contributed by atoms with Gasteiger partial charge in [-0.15, -0.1) is 11.6 Å². The van der Waals surface area contributed by atoms with Crippen LogP contribution in [0, 0.1) is 11.3 Å². The second-order valence-corrected chi connectivity index (χ2v) is 3.89. The largest absolute Gasteiger partial charge is 0.383 e. The molecule has 0 atom stereocenters. The number of fused-ring (bicyclic) bond motifs is 1. The van der Waals surface area contributed by atoms with E-state index in [4.69, 9.17) is 21.6 Å². The molecule has 0 fully saturated rings. The first-order chi connectivity index (χ1) is 8.30. The molecule has 0 saturated heterocycles. The van der Waals surface area contributed by atoms with Crippen LogP contribution in [0.15, 0.2) is 18.2 Å². The van der Waals surface area contributed by atoms with E-state index in [-0.39, 0.29) is 0 Å². The van der Waals surface area contributed by atoms with Gasteiger partial charge in [-0.25, -0.2) is 4.98 Å². The number of rotatable bonds is 4. The number of hydrogen-bond donors (Lipinski definition) is 0. The van der Waals surface area contributed by atoms with Crippen molar-refractivity contribution in [2.24, 2.45) is 0 Å². The fourth-order valence-corrected chi connectivity index (χ4v) is 1.99. The Kier molecular flexibility index (Phi) is 3.62. The highest BCUT2D eigenvalue weighted by molar-refractivity contribution is 6.16. The van der Waals surface area contributed by atoms with E-state index in [1.54, 1.807) is 19.2 Å². The summed E-state index contributed by atoms with van der Waals surface area (Å²) in [5.41, 5.74) is 2.39. The summed E-state index contributed by atoms with van der Waals surface area (Å²) in [4.78, 5) is 4.42. The molecule has 0 unspecified atom stereocenters. The Bertz CT molecular complexity index is 571. The lowest BCUT2D eigenvalue weighted by Crippen LogP contribution is -2.07. The molecule has 0 radical (unpaired) electrons. The van der Waals surface area contributed by atoms with Gasteiger partial charge in [0.15, 0.2) is 0 Å². The molecular weight excluding hydrogens is 238 g/mol. The molecule has 88 valence electrons. The number of methoxy groups -OCH3 is 1. The molecule has 0 saturated carbocycles. The van der Waals surface area contributed by atoms with Crippen molar-refractivity contribution in [3.63, 3.8) is 0 Å². The van der Waals surface area contributed by atoms with Crippen molar-refractivity contribution in [2.75, 3.05) is 13.7 Å². The van der Waals surface area contributed by atoms with Gasteiger partial charge in [-0.3, -0.25) is 0 Å². The quantitative estimate of drug-likeness (QED) is 0.782. The van der Waals surface area contributed by atoms with E-state index in [1.807, 2.05) is 10.6 Å². The molecule has 1 aromatic carbocycles. The van der Waals surface area contributed by atoms with Crippen LogP contribution in [-0.4, -0.2) is 23.3 Å². The summed E-state index contributed by atoms with van der Waals surface area (Å²) in [6, 6.07) is 7.55. The first-order valence-corrected chi connectivity index (χ1v) is 5.77.